The molecule has 0 bridgehead atoms. The topological polar surface area (TPSA) is 54.2 Å². The molecule has 0 atom stereocenters. The number of aromatic nitrogens is 2. The van der Waals surface area contributed by atoms with Crippen LogP contribution in [-0.2, 0) is 0 Å². The second kappa shape index (κ2) is 6.57. The molecule has 0 amide bonds. The second-order valence-corrected chi connectivity index (χ2v) is 6.04. The highest BCUT2D eigenvalue weighted by atomic mass is 19.1. The summed E-state index contributed by atoms with van der Waals surface area (Å²) in [6.07, 6.45) is 2.59. The van der Waals surface area contributed by atoms with Crippen molar-refractivity contribution in [3.05, 3.63) is 42.2 Å². The van der Waals surface area contributed by atoms with Gasteiger partial charge in [0.05, 0.1) is 5.39 Å². The predicted octanol–water partition coefficient (Wildman–Crippen LogP) is 3.54. The van der Waals surface area contributed by atoms with Gasteiger partial charge in [-0.3, -0.25) is 0 Å². The summed E-state index contributed by atoms with van der Waals surface area (Å²) < 4.78 is 19.3. The molecule has 1 fully saturated rings. The summed E-state index contributed by atoms with van der Waals surface area (Å²) in [7, 11) is 0. The van der Waals surface area contributed by atoms with Crippen LogP contribution < -0.4 is 5.32 Å². The van der Waals surface area contributed by atoms with E-state index in [2.05, 4.69) is 20.4 Å². The summed E-state index contributed by atoms with van der Waals surface area (Å²) in [5.41, 5.74) is 1.33. The van der Waals surface area contributed by atoms with Crippen molar-refractivity contribution in [2.75, 3.05) is 31.5 Å². The van der Waals surface area contributed by atoms with Gasteiger partial charge in [0.25, 0.3) is 5.71 Å². The molecule has 1 aromatic carbocycles. The number of hydrogen-bond acceptors (Lipinski definition) is 5. The van der Waals surface area contributed by atoms with E-state index < -0.39 is 0 Å². The van der Waals surface area contributed by atoms with Gasteiger partial charge in [-0.2, -0.15) is 4.98 Å². The molecule has 4 rings (SSSR count). The van der Waals surface area contributed by atoms with Gasteiger partial charge in [-0.1, -0.05) is 17.3 Å². The van der Waals surface area contributed by atoms with Gasteiger partial charge in [-0.25, -0.2) is 4.39 Å². The minimum absolute atomic E-state index is 0.319. The van der Waals surface area contributed by atoms with Gasteiger partial charge in [-0.05, 0) is 50.2 Å². The average molecular weight is 326 g/mol. The van der Waals surface area contributed by atoms with Crippen LogP contribution in [-0.4, -0.2) is 41.2 Å². The van der Waals surface area contributed by atoms with Gasteiger partial charge in [0.2, 0.25) is 0 Å². The zero-order valence-corrected chi connectivity index (χ0v) is 13.3. The molecular formula is C18H19FN4O. The van der Waals surface area contributed by atoms with Crippen LogP contribution in [0.5, 0.6) is 0 Å². The summed E-state index contributed by atoms with van der Waals surface area (Å²) in [4.78, 5) is 6.87. The van der Waals surface area contributed by atoms with Crippen molar-refractivity contribution in [2.45, 2.75) is 12.8 Å². The van der Waals surface area contributed by atoms with E-state index in [1.54, 1.807) is 18.2 Å². The van der Waals surface area contributed by atoms with Crippen molar-refractivity contribution < 1.29 is 8.91 Å². The second-order valence-electron chi connectivity index (χ2n) is 6.04. The van der Waals surface area contributed by atoms with Gasteiger partial charge >= 0.3 is 0 Å². The SMILES string of the molecule is Fc1ccccc1-c1noc2nc(NCCN3CCCC3)ccc12. The lowest BCUT2D eigenvalue weighted by molar-refractivity contribution is 0.352. The molecule has 3 heterocycles. The number of rotatable bonds is 5. The quantitative estimate of drug-likeness (QED) is 0.777. The number of fused-ring (bicyclic) bond motifs is 1. The van der Waals surface area contributed by atoms with E-state index in [1.165, 1.54) is 32.0 Å². The molecule has 1 saturated heterocycles. The first-order chi connectivity index (χ1) is 11.8. The first-order valence-electron chi connectivity index (χ1n) is 8.29. The van der Waals surface area contributed by atoms with E-state index in [4.69, 9.17) is 4.52 Å². The van der Waals surface area contributed by atoms with E-state index in [9.17, 15) is 4.39 Å². The summed E-state index contributed by atoms with van der Waals surface area (Å²) in [6, 6.07) is 10.3. The highest BCUT2D eigenvalue weighted by Crippen LogP contribution is 2.29. The monoisotopic (exact) mass is 326 g/mol. The van der Waals surface area contributed by atoms with Crippen LogP contribution in [0.15, 0.2) is 40.9 Å². The van der Waals surface area contributed by atoms with Gasteiger partial charge < -0.3 is 14.7 Å². The molecule has 1 aliphatic heterocycles. The van der Waals surface area contributed by atoms with E-state index in [0.29, 0.717) is 22.4 Å². The first-order valence-corrected chi connectivity index (χ1v) is 8.29. The lowest BCUT2D eigenvalue weighted by Crippen LogP contribution is -2.26. The maximum atomic E-state index is 14.0. The maximum Gasteiger partial charge on any atom is 0.260 e. The number of likely N-dealkylation sites (tertiary alicyclic amines) is 1. The minimum Gasteiger partial charge on any atom is -0.369 e. The van der Waals surface area contributed by atoms with E-state index in [-0.39, 0.29) is 5.82 Å². The Labute approximate surface area is 139 Å². The molecule has 0 unspecified atom stereocenters. The van der Waals surface area contributed by atoms with Crippen molar-refractivity contribution >= 4 is 16.9 Å². The van der Waals surface area contributed by atoms with Crippen LogP contribution in [0.2, 0.25) is 0 Å². The van der Waals surface area contributed by atoms with E-state index in [1.807, 2.05) is 12.1 Å². The first kappa shape index (κ1) is 15.1. The zero-order valence-electron chi connectivity index (χ0n) is 13.3. The third-order valence-electron chi connectivity index (χ3n) is 4.40. The molecule has 0 radical (unpaired) electrons. The molecule has 1 aliphatic rings. The summed E-state index contributed by atoms with van der Waals surface area (Å²) in [5, 5.41) is 8.02. The van der Waals surface area contributed by atoms with Gasteiger partial charge in [0.15, 0.2) is 0 Å². The Balaban J connectivity index is 1.51. The fraction of sp³-hybridized carbons (Fsp3) is 0.333. The average Bonchev–Trinajstić information content (AvgIpc) is 3.25. The molecule has 2 aromatic heterocycles. The van der Waals surface area contributed by atoms with Gasteiger partial charge in [0, 0.05) is 18.7 Å². The summed E-state index contributed by atoms with van der Waals surface area (Å²) in [6.45, 7) is 4.22. The Hall–Kier alpha value is -2.47. The smallest absolute Gasteiger partial charge is 0.260 e. The number of benzene rings is 1. The highest BCUT2D eigenvalue weighted by molar-refractivity contribution is 5.90. The lowest BCUT2D eigenvalue weighted by Gasteiger charge is -2.14. The Kier molecular flexibility index (Phi) is 4.13. The van der Waals surface area contributed by atoms with E-state index in [0.717, 1.165) is 18.9 Å². The van der Waals surface area contributed by atoms with Gasteiger partial charge in [-0.15, -0.1) is 0 Å². The van der Waals surface area contributed by atoms with Crippen molar-refractivity contribution in [3.63, 3.8) is 0 Å². The molecule has 124 valence electrons. The molecular weight excluding hydrogens is 307 g/mol. The normalized spacial score (nSPS) is 15.2. The molecule has 0 saturated carbocycles. The van der Waals surface area contributed by atoms with Crippen LogP contribution in [0.1, 0.15) is 12.8 Å². The van der Waals surface area contributed by atoms with Crippen LogP contribution in [0.3, 0.4) is 0 Å². The number of nitrogens with zero attached hydrogens (tertiary/aromatic N) is 3. The van der Waals surface area contributed by atoms with Crippen molar-refractivity contribution in [1.82, 2.24) is 15.0 Å². The zero-order chi connectivity index (χ0) is 16.4. The standard InChI is InChI=1S/C18H19FN4O/c19-15-6-2-1-5-13(15)17-14-7-8-16(21-18(14)24-22-17)20-9-12-23-10-3-4-11-23/h1-2,5-8H,3-4,9-12H2,(H,20,21). The van der Waals surface area contributed by atoms with Crippen LogP contribution in [0.4, 0.5) is 10.2 Å². The Morgan fingerprint density at radius 2 is 1.96 bits per heavy atom. The predicted molar refractivity (Wildman–Crippen MR) is 91.4 cm³/mol. The van der Waals surface area contributed by atoms with Crippen molar-refractivity contribution in [3.8, 4) is 11.3 Å². The summed E-state index contributed by atoms with van der Waals surface area (Å²) >= 11 is 0. The third-order valence-corrected chi connectivity index (χ3v) is 4.40. The Morgan fingerprint density at radius 3 is 2.79 bits per heavy atom. The van der Waals surface area contributed by atoms with Crippen molar-refractivity contribution in [1.29, 1.82) is 0 Å². The molecule has 3 aromatic rings. The Bertz CT molecular complexity index is 842. The van der Waals surface area contributed by atoms with Crippen LogP contribution in [0.25, 0.3) is 22.4 Å². The largest absolute Gasteiger partial charge is 0.369 e. The number of nitrogens with one attached hydrogen (secondary N) is 1. The number of hydrogen-bond donors (Lipinski definition) is 1. The van der Waals surface area contributed by atoms with Crippen LogP contribution >= 0.6 is 0 Å². The molecule has 1 N–H and O–H groups in total. The molecule has 5 nitrogen and oxygen atoms in total. The minimum atomic E-state index is -0.319. The Morgan fingerprint density at radius 1 is 1.12 bits per heavy atom. The highest BCUT2D eigenvalue weighted by Gasteiger charge is 2.15. The summed E-state index contributed by atoms with van der Waals surface area (Å²) in [5.74, 6) is 0.429. The number of pyridine rings is 1. The third kappa shape index (κ3) is 2.97. The van der Waals surface area contributed by atoms with E-state index >= 15 is 0 Å². The van der Waals surface area contributed by atoms with Crippen LogP contribution in [0, 0.1) is 5.82 Å². The molecule has 0 spiro atoms. The lowest BCUT2D eigenvalue weighted by atomic mass is 10.1. The molecule has 0 aliphatic carbocycles. The molecule has 6 heteroatoms. The fourth-order valence-corrected chi connectivity index (χ4v) is 3.12. The van der Waals surface area contributed by atoms with Gasteiger partial charge in [0.1, 0.15) is 17.3 Å². The number of anilines is 1. The fourth-order valence-electron chi connectivity index (χ4n) is 3.12. The number of halogens is 1. The van der Waals surface area contributed by atoms with Crippen molar-refractivity contribution in [2.24, 2.45) is 0 Å². The molecule has 24 heavy (non-hydrogen) atoms. The maximum absolute atomic E-state index is 14.0.